The molecule has 0 aliphatic heterocycles. The molecule has 0 fully saturated rings. The highest BCUT2D eigenvalue weighted by Gasteiger charge is 2.23. The highest BCUT2D eigenvalue weighted by atomic mass is 32.1. The fourth-order valence-electron chi connectivity index (χ4n) is 3.63. The summed E-state index contributed by atoms with van der Waals surface area (Å²) in [5.41, 5.74) is 4.52. The van der Waals surface area contributed by atoms with Crippen LogP contribution in [0.3, 0.4) is 0 Å². The molecule has 1 amide bonds. The van der Waals surface area contributed by atoms with Gasteiger partial charge in [-0.2, -0.15) is 5.10 Å². The predicted octanol–water partition coefficient (Wildman–Crippen LogP) is 4.07. The first-order valence-corrected chi connectivity index (χ1v) is 12.0. The second-order valence-electron chi connectivity index (χ2n) is 7.78. The summed E-state index contributed by atoms with van der Waals surface area (Å²) in [4.78, 5) is 37.4. The smallest absolute Gasteiger partial charge is 0.341 e. The third kappa shape index (κ3) is 6.27. The maximum Gasteiger partial charge on any atom is 0.341 e. The number of aromatic nitrogens is 2. The van der Waals surface area contributed by atoms with Crippen molar-refractivity contribution in [3.05, 3.63) is 52.2 Å². The number of amides is 1. The average Bonchev–Trinajstić information content (AvgIpc) is 3.36. The number of nitrogens with one attached hydrogen (secondary N) is 1. The first-order chi connectivity index (χ1) is 16.7. The number of rotatable bonds is 10. The Balaban J connectivity index is 1.65. The van der Waals surface area contributed by atoms with Crippen molar-refractivity contribution in [2.75, 3.05) is 25.6 Å². The van der Waals surface area contributed by atoms with Crippen LogP contribution in [0, 0.1) is 13.8 Å². The highest BCUT2D eigenvalue weighted by Crippen LogP contribution is 2.36. The van der Waals surface area contributed by atoms with Gasteiger partial charge in [0.1, 0.15) is 16.3 Å². The van der Waals surface area contributed by atoms with Crippen LogP contribution in [0.5, 0.6) is 5.75 Å². The second kappa shape index (κ2) is 11.7. The molecule has 2 aromatic heterocycles. The van der Waals surface area contributed by atoms with Gasteiger partial charge < -0.3 is 19.5 Å². The lowest BCUT2D eigenvalue weighted by Gasteiger charge is -2.10. The van der Waals surface area contributed by atoms with Gasteiger partial charge in [-0.1, -0.05) is 12.1 Å². The number of carbonyl (C=O) groups excluding carboxylic acids is 3. The third-order valence-corrected chi connectivity index (χ3v) is 6.42. The van der Waals surface area contributed by atoms with E-state index in [0.717, 1.165) is 22.5 Å². The van der Waals surface area contributed by atoms with Crippen LogP contribution in [0.15, 0.2) is 29.6 Å². The molecule has 10 heteroatoms. The van der Waals surface area contributed by atoms with Crippen molar-refractivity contribution in [1.82, 2.24) is 9.78 Å². The van der Waals surface area contributed by atoms with Crippen molar-refractivity contribution in [3.8, 4) is 16.9 Å². The van der Waals surface area contributed by atoms with Crippen molar-refractivity contribution >= 4 is 34.2 Å². The number of anilines is 1. The second-order valence-corrected chi connectivity index (χ2v) is 8.66. The van der Waals surface area contributed by atoms with Gasteiger partial charge in [-0.15, -0.1) is 11.3 Å². The van der Waals surface area contributed by atoms with Gasteiger partial charge in [0.05, 0.1) is 19.4 Å². The van der Waals surface area contributed by atoms with Crippen LogP contribution in [0.25, 0.3) is 11.1 Å². The zero-order valence-corrected chi connectivity index (χ0v) is 21.3. The summed E-state index contributed by atoms with van der Waals surface area (Å²) < 4.78 is 17.3. The van der Waals surface area contributed by atoms with E-state index in [4.69, 9.17) is 14.2 Å². The van der Waals surface area contributed by atoms with Gasteiger partial charge >= 0.3 is 11.9 Å². The largest absolute Gasteiger partial charge is 0.497 e. The van der Waals surface area contributed by atoms with Crippen LogP contribution in [0.2, 0.25) is 0 Å². The topological polar surface area (TPSA) is 109 Å². The molecule has 0 unspecified atom stereocenters. The van der Waals surface area contributed by atoms with Gasteiger partial charge in [0, 0.05) is 30.1 Å². The van der Waals surface area contributed by atoms with Gasteiger partial charge in [-0.3, -0.25) is 14.3 Å². The van der Waals surface area contributed by atoms with Crippen LogP contribution in [-0.4, -0.2) is 47.9 Å². The lowest BCUT2D eigenvalue weighted by Crippen LogP contribution is -2.22. The molecule has 9 nitrogen and oxygen atoms in total. The molecule has 1 N–H and O–H groups in total. The summed E-state index contributed by atoms with van der Waals surface area (Å²) in [6.07, 6.45) is 0.616. The molecule has 3 rings (SSSR count). The molecule has 0 spiro atoms. The first kappa shape index (κ1) is 26.0. The standard InChI is InChI=1S/C25H29N3O6S/c1-6-33-25(31)23-20(17-7-9-18(32-5)10-8-17)14-35-24(23)26-21(29)13-34-22(30)12-11-19-15(2)27-28(4)16(19)3/h7-10,14H,6,11-13H2,1-5H3,(H,26,29). The zero-order chi connectivity index (χ0) is 25.5. The molecule has 0 bridgehead atoms. The van der Waals surface area contributed by atoms with Crippen molar-refractivity contribution < 1.29 is 28.6 Å². The van der Waals surface area contributed by atoms with Crippen molar-refractivity contribution in [2.45, 2.75) is 33.6 Å². The minimum absolute atomic E-state index is 0.134. The third-order valence-electron chi connectivity index (χ3n) is 5.53. The van der Waals surface area contributed by atoms with E-state index in [1.807, 2.05) is 33.0 Å². The van der Waals surface area contributed by atoms with Crippen LogP contribution in [-0.2, 0) is 32.5 Å². The average molecular weight is 500 g/mol. The zero-order valence-electron chi connectivity index (χ0n) is 20.5. The summed E-state index contributed by atoms with van der Waals surface area (Å²) in [5, 5.41) is 9.11. The molecule has 3 aromatic rings. The molecule has 2 heterocycles. The molecule has 1 aromatic carbocycles. The minimum Gasteiger partial charge on any atom is -0.497 e. The summed E-state index contributed by atoms with van der Waals surface area (Å²) in [6, 6.07) is 7.22. The quantitative estimate of drug-likeness (QED) is 0.419. The Hall–Kier alpha value is -3.66. The molecule has 0 atom stereocenters. The Morgan fingerprint density at radius 3 is 2.43 bits per heavy atom. The number of hydrogen-bond donors (Lipinski definition) is 1. The van der Waals surface area contributed by atoms with E-state index in [2.05, 4.69) is 10.4 Å². The van der Waals surface area contributed by atoms with Gasteiger partial charge in [-0.25, -0.2) is 4.79 Å². The minimum atomic E-state index is -0.547. The van der Waals surface area contributed by atoms with E-state index >= 15 is 0 Å². The Bertz CT molecular complexity index is 1210. The SMILES string of the molecule is CCOC(=O)c1c(-c2ccc(OC)cc2)csc1NC(=O)COC(=O)CCc1c(C)nn(C)c1C. The Morgan fingerprint density at radius 1 is 1.11 bits per heavy atom. The summed E-state index contributed by atoms with van der Waals surface area (Å²) in [7, 11) is 3.43. The Morgan fingerprint density at radius 2 is 1.83 bits per heavy atom. The van der Waals surface area contributed by atoms with Gasteiger partial charge in [-0.05, 0) is 50.5 Å². The van der Waals surface area contributed by atoms with Crippen molar-refractivity contribution in [2.24, 2.45) is 7.05 Å². The Kier molecular flexibility index (Phi) is 8.64. The molecule has 186 valence electrons. The predicted molar refractivity (Wildman–Crippen MR) is 133 cm³/mol. The summed E-state index contributed by atoms with van der Waals surface area (Å²) in [5.74, 6) is -0.890. The van der Waals surface area contributed by atoms with Crippen LogP contribution >= 0.6 is 11.3 Å². The molecule has 35 heavy (non-hydrogen) atoms. The normalized spacial score (nSPS) is 10.7. The number of thiophene rings is 1. The maximum absolute atomic E-state index is 12.7. The lowest BCUT2D eigenvalue weighted by molar-refractivity contribution is -0.147. The number of methoxy groups -OCH3 is 1. The fourth-order valence-corrected chi connectivity index (χ4v) is 4.60. The van der Waals surface area contributed by atoms with E-state index in [-0.39, 0.29) is 18.6 Å². The van der Waals surface area contributed by atoms with Crippen LogP contribution in [0.4, 0.5) is 5.00 Å². The van der Waals surface area contributed by atoms with Crippen LogP contribution < -0.4 is 10.1 Å². The summed E-state index contributed by atoms with van der Waals surface area (Å²) >= 11 is 1.20. The van der Waals surface area contributed by atoms with E-state index in [0.29, 0.717) is 22.7 Å². The van der Waals surface area contributed by atoms with Crippen LogP contribution in [0.1, 0.15) is 40.7 Å². The maximum atomic E-state index is 12.7. The molecule has 0 saturated heterocycles. The number of esters is 2. The lowest BCUT2D eigenvalue weighted by atomic mass is 10.0. The highest BCUT2D eigenvalue weighted by molar-refractivity contribution is 7.15. The van der Waals surface area contributed by atoms with Gasteiger partial charge in [0.2, 0.25) is 0 Å². The number of benzene rings is 1. The number of carbonyl (C=O) groups is 3. The van der Waals surface area contributed by atoms with E-state index in [9.17, 15) is 14.4 Å². The number of nitrogens with zero attached hydrogens (tertiary/aromatic N) is 2. The summed E-state index contributed by atoms with van der Waals surface area (Å²) in [6.45, 7) is 5.28. The van der Waals surface area contributed by atoms with Gasteiger partial charge in [0.25, 0.3) is 5.91 Å². The van der Waals surface area contributed by atoms with Crippen molar-refractivity contribution in [1.29, 1.82) is 0 Å². The van der Waals surface area contributed by atoms with E-state index in [1.54, 1.807) is 36.2 Å². The molecule has 0 radical (unpaired) electrons. The van der Waals surface area contributed by atoms with Gasteiger partial charge in [0.15, 0.2) is 6.61 Å². The molecule has 0 saturated carbocycles. The van der Waals surface area contributed by atoms with Crippen molar-refractivity contribution in [3.63, 3.8) is 0 Å². The fraction of sp³-hybridized carbons (Fsp3) is 0.360. The first-order valence-electron chi connectivity index (χ1n) is 11.1. The molecule has 0 aliphatic carbocycles. The van der Waals surface area contributed by atoms with E-state index in [1.165, 1.54) is 11.3 Å². The number of aryl methyl sites for hydroxylation is 2. The number of ether oxygens (including phenoxy) is 3. The monoisotopic (exact) mass is 499 g/mol. The molecular weight excluding hydrogens is 470 g/mol. The molecular formula is C25H29N3O6S. The molecule has 0 aliphatic rings. The number of hydrogen-bond acceptors (Lipinski definition) is 8. The Labute approximate surface area is 208 Å². The van der Waals surface area contributed by atoms with E-state index < -0.39 is 24.5 Å².